The van der Waals surface area contributed by atoms with Crippen LogP contribution in [0.2, 0.25) is 5.02 Å². The van der Waals surface area contributed by atoms with E-state index in [0.29, 0.717) is 48.9 Å². The molecule has 1 aliphatic heterocycles. The predicted octanol–water partition coefficient (Wildman–Crippen LogP) is 3.19. The highest BCUT2D eigenvalue weighted by atomic mass is 35.5. The maximum atomic E-state index is 14.1. The van der Waals surface area contributed by atoms with Crippen molar-refractivity contribution in [1.82, 2.24) is 14.5 Å². The Balaban J connectivity index is 1.43. The van der Waals surface area contributed by atoms with E-state index in [1.807, 2.05) is 0 Å². The molecule has 0 unspecified atom stereocenters. The topological polar surface area (TPSA) is 69.7 Å². The van der Waals surface area contributed by atoms with Gasteiger partial charge in [0.05, 0.1) is 4.90 Å². The van der Waals surface area contributed by atoms with Crippen molar-refractivity contribution in [3.8, 4) is 0 Å². The molecule has 0 radical (unpaired) electrons. The van der Waals surface area contributed by atoms with Crippen LogP contribution in [0.25, 0.3) is 0 Å². The Kier molecular flexibility index (Phi) is 6.35. The molecule has 1 aliphatic carbocycles. The minimum absolute atomic E-state index is 0.00138. The zero-order valence-corrected chi connectivity index (χ0v) is 18.8. The van der Waals surface area contributed by atoms with Gasteiger partial charge in [-0.15, -0.1) is 0 Å². The van der Waals surface area contributed by atoms with Crippen molar-refractivity contribution in [3.63, 3.8) is 0 Å². The Labute approximate surface area is 187 Å². The molecule has 1 saturated carbocycles. The largest absolute Gasteiger partial charge is 0.336 e. The molecule has 4 rings (SSSR count). The standard InChI is InChI=1S/C22H25ClFN3O3S/c1-15-5-8-17(31(29,30)25-16-6-7-16)13-18(15)22(28)27-11-9-26(10-12-27)14-19-20(23)3-2-4-21(19)24/h2-5,8,13,16,25H,6-7,9-12,14H2,1H3. The molecule has 0 bridgehead atoms. The third-order valence-corrected chi connectivity index (χ3v) is 7.62. The van der Waals surface area contributed by atoms with E-state index in [1.165, 1.54) is 18.2 Å². The van der Waals surface area contributed by atoms with Crippen LogP contribution >= 0.6 is 11.6 Å². The number of carbonyl (C=O) groups is 1. The van der Waals surface area contributed by atoms with Crippen molar-refractivity contribution in [1.29, 1.82) is 0 Å². The second-order valence-electron chi connectivity index (χ2n) is 8.14. The van der Waals surface area contributed by atoms with Crippen LogP contribution in [0.3, 0.4) is 0 Å². The molecule has 2 aromatic rings. The SMILES string of the molecule is Cc1ccc(S(=O)(=O)NC2CC2)cc1C(=O)N1CCN(Cc2c(F)cccc2Cl)CC1. The molecule has 0 atom stereocenters. The van der Waals surface area contributed by atoms with Gasteiger partial charge in [0.15, 0.2) is 0 Å². The van der Waals surface area contributed by atoms with Crippen LogP contribution in [-0.2, 0) is 16.6 Å². The Morgan fingerprint density at radius 2 is 1.87 bits per heavy atom. The monoisotopic (exact) mass is 465 g/mol. The number of hydrogen-bond donors (Lipinski definition) is 1. The lowest BCUT2D eigenvalue weighted by atomic mass is 10.1. The second kappa shape index (κ2) is 8.86. The molecule has 31 heavy (non-hydrogen) atoms. The van der Waals surface area contributed by atoms with Gasteiger partial charge < -0.3 is 4.90 Å². The first-order valence-electron chi connectivity index (χ1n) is 10.3. The van der Waals surface area contributed by atoms with E-state index >= 15 is 0 Å². The van der Waals surface area contributed by atoms with Crippen molar-refractivity contribution in [3.05, 3.63) is 63.9 Å². The molecule has 1 N–H and O–H groups in total. The van der Waals surface area contributed by atoms with Crippen LogP contribution in [-0.4, -0.2) is 56.3 Å². The summed E-state index contributed by atoms with van der Waals surface area (Å²) in [5, 5.41) is 0.395. The summed E-state index contributed by atoms with van der Waals surface area (Å²) in [5.41, 5.74) is 1.58. The van der Waals surface area contributed by atoms with Gasteiger partial charge in [-0.25, -0.2) is 17.5 Å². The number of sulfonamides is 1. The summed E-state index contributed by atoms with van der Waals surface area (Å²) in [6, 6.07) is 9.31. The summed E-state index contributed by atoms with van der Waals surface area (Å²) in [4.78, 5) is 17.0. The number of rotatable bonds is 6. The smallest absolute Gasteiger partial charge is 0.254 e. The first-order valence-corrected chi connectivity index (χ1v) is 12.2. The van der Waals surface area contributed by atoms with E-state index in [9.17, 15) is 17.6 Å². The third kappa shape index (κ3) is 5.09. The lowest BCUT2D eigenvalue weighted by molar-refractivity contribution is 0.0626. The summed E-state index contributed by atoms with van der Waals surface area (Å²) in [6.45, 7) is 4.29. The van der Waals surface area contributed by atoms with E-state index in [2.05, 4.69) is 9.62 Å². The quantitative estimate of drug-likeness (QED) is 0.711. The maximum absolute atomic E-state index is 14.1. The van der Waals surface area contributed by atoms with Crippen LogP contribution in [0.5, 0.6) is 0 Å². The molecule has 1 amide bonds. The van der Waals surface area contributed by atoms with Crippen molar-refractivity contribution >= 4 is 27.5 Å². The highest BCUT2D eigenvalue weighted by Crippen LogP contribution is 2.25. The number of hydrogen-bond acceptors (Lipinski definition) is 4. The second-order valence-corrected chi connectivity index (χ2v) is 10.3. The number of nitrogens with one attached hydrogen (secondary N) is 1. The van der Waals surface area contributed by atoms with Gasteiger partial charge in [-0.1, -0.05) is 23.7 Å². The third-order valence-electron chi connectivity index (χ3n) is 5.75. The molecule has 166 valence electrons. The van der Waals surface area contributed by atoms with Crippen molar-refractivity contribution in [2.45, 2.75) is 37.2 Å². The molecule has 2 aliphatic rings. The van der Waals surface area contributed by atoms with Crippen LogP contribution in [0, 0.1) is 12.7 Å². The van der Waals surface area contributed by atoms with Crippen molar-refractivity contribution in [2.75, 3.05) is 26.2 Å². The van der Waals surface area contributed by atoms with Crippen molar-refractivity contribution in [2.24, 2.45) is 0 Å². The lowest BCUT2D eigenvalue weighted by Gasteiger charge is -2.35. The predicted molar refractivity (Wildman–Crippen MR) is 117 cm³/mol. The average Bonchev–Trinajstić information content (AvgIpc) is 3.54. The van der Waals surface area contributed by atoms with Gasteiger partial charge in [-0.2, -0.15) is 0 Å². The molecule has 1 saturated heterocycles. The molecular weight excluding hydrogens is 441 g/mol. The number of benzene rings is 2. The highest BCUT2D eigenvalue weighted by molar-refractivity contribution is 7.89. The normalized spacial score (nSPS) is 17.7. The van der Waals surface area contributed by atoms with Gasteiger partial charge in [-0.05, 0) is 49.6 Å². The molecule has 0 aromatic heterocycles. The van der Waals surface area contributed by atoms with Crippen LogP contribution in [0.15, 0.2) is 41.3 Å². The lowest BCUT2D eigenvalue weighted by Crippen LogP contribution is -2.48. The summed E-state index contributed by atoms with van der Waals surface area (Å²) in [5.74, 6) is -0.524. The first-order chi connectivity index (χ1) is 14.7. The fraction of sp³-hybridized carbons (Fsp3) is 0.409. The van der Waals surface area contributed by atoms with Crippen LogP contribution in [0.4, 0.5) is 4.39 Å². The van der Waals surface area contributed by atoms with Crippen molar-refractivity contribution < 1.29 is 17.6 Å². The van der Waals surface area contributed by atoms with Gasteiger partial charge in [-0.3, -0.25) is 9.69 Å². The Hall–Kier alpha value is -2.00. The van der Waals surface area contributed by atoms with E-state index in [4.69, 9.17) is 11.6 Å². The van der Waals surface area contributed by atoms with E-state index in [1.54, 1.807) is 30.0 Å². The molecular formula is C22H25ClFN3O3S. The molecule has 6 nitrogen and oxygen atoms in total. The van der Waals surface area contributed by atoms with E-state index in [-0.39, 0.29) is 22.7 Å². The Morgan fingerprint density at radius 1 is 1.16 bits per heavy atom. The fourth-order valence-corrected chi connectivity index (χ4v) is 5.23. The van der Waals surface area contributed by atoms with E-state index < -0.39 is 10.0 Å². The molecule has 9 heteroatoms. The Morgan fingerprint density at radius 3 is 2.52 bits per heavy atom. The number of halogens is 2. The summed E-state index contributed by atoms with van der Waals surface area (Å²) in [7, 11) is -3.63. The van der Waals surface area contributed by atoms with Gasteiger partial charge in [0.1, 0.15) is 5.82 Å². The minimum Gasteiger partial charge on any atom is -0.336 e. The van der Waals surface area contributed by atoms with Gasteiger partial charge in [0.25, 0.3) is 5.91 Å². The summed E-state index contributed by atoms with van der Waals surface area (Å²) >= 11 is 6.13. The molecule has 0 spiro atoms. The zero-order chi connectivity index (χ0) is 22.2. The number of aryl methyl sites for hydroxylation is 1. The van der Waals surface area contributed by atoms with E-state index in [0.717, 1.165) is 18.4 Å². The molecule has 1 heterocycles. The summed E-state index contributed by atoms with van der Waals surface area (Å²) in [6.07, 6.45) is 1.69. The number of piperazine rings is 1. The maximum Gasteiger partial charge on any atom is 0.254 e. The molecule has 2 fully saturated rings. The number of amides is 1. The number of nitrogens with zero attached hydrogens (tertiary/aromatic N) is 2. The average molecular weight is 466 g/mol. The van der Waals surface area contributed by atoms with Gasteiger partial charge in [0, 0.05) is 54.9 Å². The van der Waals surface area contributed by atoms with Crippen LogP contribution < -0.4 is 4.72 Å². The zero-order valence-electron chi connectivity index (χ0n) is 17.3. The number of carbonyl (C=O) groups excluding carboxylic acids is 1. The fourth-order valence-electron chi connectivity index (χ4n) is 3.67. The minimum atomic E-state index is -3.63. The van der Waals surface area contributed by atoms with Gasteiger partial charge in [0.2, 0.25) is 10.0 Å². The molecule has 2 aromatic carbocycles. The van der Waals surface area contributed by atoms with Crippen LogP contribution in [0.1, 0.15) is 34.3 Å². The Bertz CT molecular complexity index is 1080. The highest BCUT2D eigenvalue weighted by Gasteiger charge is 2.29. The first kappa shape index (κ1) is 22.2. The summed E-state index contributed by atoms with van der Waals surface area (Å²) < 4.78 is 41.8. The van der Waals surface area contributed by atoms with Gasteiger partial charge >= 0.3 is 0 Å².